The number of carbonyl (C=O) groups is 3. The highest BCUT2D eigenvalue weighted by molar-refractivity contribution is 7.80. The summed E-state index contributed by atoms with van der Waals surface area (Å²) in [6.07, 6.45) is 0.0391. The predicted molar refractivity (Wildman–Crippen MR) is 167 cm³/mol. The summed E-state index contributed by atoms with van der Waals surface area (Å²) in [5.74, 6) is -4.81. The number of amides is 1. The number of rotatable bonds is 16. The molecule has 1 aromatic carbocycles. The van der Waals surface area contributed by atoms with E-state index < -0.39 is 70.2 Å². The Morgan fingerprint density at radius 3 is 2.54 bits per heavy atom. The van der Waals surface area contributed by atoms with E-state index in [1.807, 2.05) is 0 Å². The lowest BCUT2D eigenvalue weighted by molar-refractivity contribution is -0.772. The van der Waals surface area contributed by atoms with E-state index >= 15 is 4.39 Å². The zero-order valence-corrected chi connectivity index (χ0v) is 27.5. The maximum atomic E-state index is 15.2. The van der Waals surface area contributed by atoms with Crippen molar-refractivity contribution in [1.82, 2.24) is 14.7 Å². The largest absolute Gasteiger partial charge is 0.489 e. The Balaban J connectivity index is 1.49. The smallest absolute Gasteiger partial charge is 0.418 e. The number of nitrogens with two attached hydrogens (primary N) is 3. The molecule has 0 saturated carbocycles. The van der Waals surface area contributed by atoms with Gasteiger partial charge in [0, 0.05) is 29.9 Å². The number of Topliss-reactive ketones (excluding diaryl/α,β-unsaturated/α-hetero) is 1. The minimum absolute atomic E-state index is 0.0356. The summed E-state index contributed by atoms with van der Waals surface area (Å²) >= 11 is 0.947. The highest BCUT2D eigenvalue weighted by Gasteiger charge is 2.57. The number of aliphatic carboxylic acids is 1. The number of anilines is 2. The van der Waals surface area contributed by atoms with Crippen LogP contribution in [0.4, 0.5) is 15.3 Å². The van der Waals surface area contributed by atoms with Crippen molar-refractivity contribution in [3.05, 3.63) is 41.3 Å². The molecule has 1 aliphatic heterocycles. The summed E-state index contributed by atoms with van der Waals surface area (Å²) in [7, 11) is -3.29. The molecule has 48 heavy (non-hydrogen) atoms. The van der Waals surface area contributed by atoms with E-state index in [9.17, 15) is 27.9 Å². The molecule has 1 saturated heterocycles. The lowest BCUT2D eigenvalue weighted by Crippen LogP contribution is -2.68. The predicted octanol–water partition coefficient (Wildman–Crippen LogP) is 0.272. The Morgan fingerprint density at radius 1 is 1.27 bits per heavy atom. The number of nitrogens with zero attached hydrogens (tertiary/aromatic N) is 5. The van der Waals surface area contributed by atoms with Crippen LogP contribution in [0.15, 0.2) is 34.9 Å². The lowest BCUT2D eigenvalue weighted by atomic mass is 9.74. The summed E-state index contributed by atoms with van der Waals surface area (Å²) in [5, 5.41) is 15.3. The third kappa shape index (κ3) is 7.87. The molecule has 3 aromatic rings. The first-order chi connectivity index (χ1) is 22.4. The molecule has 0 radical (unpaired) electrons. The third-order valence-corrected chi connectivity index (χ3v) is 8.53. The second-order valence-electron chi connectivity index (χ2n) is 11.1. The Morgan fingerprint density at radius 2 is 1.98 bits per heavy atom. The summed E-state index contributed by atoms with van der Waals surface area (Å²) in [5.41, 5.74) is 16.2. The molecular formula is C27H34FN8O10S2+. The van der Waals surface area contributed by atoms with Crippen LogP contribution in [-0.4, -0.2) is 81.0 Å². The van der Waals surface area contributed by atoms with Gasteiger partial charge in [0.25, 0.3) is 12.0 Å². The SMILES string of the molecule is Cn1c(N)c(-c2ccc(OC[C@H](O/N=C(\C(=O)CC3C(=O)N(OS(=O)(=O)O)C3(C)C)c3csc(N)n3)C(=O)O)cc2F)c[n+]1CCCN. The molecule has 2 atom stereocenters. The van der Waals surface area contributed by atoms with Crippen molar-refractivity contribution in [3.8, 4) is 16.9 Å². The highest BCUT2D eigenvalue weighted by atomic mass is 32.3. The average molecular weight is 714 g/mol. The quantitative estimate of drug-likeness (QED) is 0.0439. The van der Waals surface area contributed by atoms with Crippen LogP contribution in [0.5, 0.6) is 5.75 Å². The molecular weight excluding hydrogens is 679 g/mol. The van der Waals surface area contributed by atoms with Gasteiger partial charge >= 0.3 is 16.4 Å². The number of β-lactam (4-membered cyclic amide) rings is 1. The second-order valence-corrected chi connectivity index (χ2v) is 13.0. The summed E-state index contributed by atoms with van der Waals surface area (Å²) in [4.78, 5) is 47.0. The van der Waals surface area contributed by atoms with Crippen molar-refractivity contribution in [2.24, 2.45) is 23.9 Å². The number of halogens is 1. The molecule has 1 aliphatic rings. The second kappa shape index (κ2) is 14.2. The third-order valence-electron chi connectivity index (χ3n) is 7.52. The zero-order valence-electron chi connectivity index (χ0n) is 25.9. The Labute approximate surface area is 277 Å². The molecule has 4 rings (SSSR count). The number of carboxylic acids is 1. The minimum Gasteiger partial charge on any atom is -0.489 e. The van der Waals surface area contributed by atoms with Gasteiger partial charge < -0.3 is 31.9 Å². The summed E-state index contributed by atoms with van der Waals surface area (Å²) < 4.78 is 59.6. The van der Waals surface area contributed by atoms with Gasteiger partial charge in [-0.2, -0.15) is 13.5 Å². The standard InChI is InChI=1S/C27H33FN8O10S2/c1-27(2)17(24(38)36(27)46-48(41,42)43)10-20(37)22(19-13-47-26(31)32-19)33-45-21(25(39)40)12-44-14-5-6-15(18(28)9-14)16-11-35(8-4-7-29)34(3)23(16)30/h5-6,9,11,13,17,21,30H,4,7-8,10,12,29H2,1-3H3,(H4,31,32,39,40,41,42,43)/p+1/b33-22-/t17?,21-/m0/s1. The van der Waals surface area contributed by atoms with Gasteiger partial charge in [-0.3, -0.25) is 14.1 Å². The van der Waals surface area contributed by atoms with Gasteiger partial charge in [0.2, 0.25) is 6.20 Å². The molecule has 0 bridgehead atoms. The highest BCUT2D eigenvalue weighted by Crippen LogP contribution is 2.40. The molecule has 3 heterocycles. The molecule has 1 fully saturated rings. The molecule has 21 heteroatoms. The van der Waals surface area contributed by atoms with Gasteiger partial charge in [0.15, 0.2) is 29.0 Å². The summed E-state index contributed by atoms with van der Waals surface area (Å²) in [6, 6.07) is 3.89. The number of hydrogen-bond acceptors (Lipinski definition) is 14. The fourth-order valence-corrected chi connectivity index (χ4v) is 5.82. The van der Waals surface area contributed by atoms with E-state index in [1.54, 1.807) is 22.6 Å². The molecule has 0 spiro atoms. The van der Waals surface area contributed by atoms with Gasteiger partial charge in [-0.25, -0.2) is 14.2 Å². The molecule has 1 unspecified atom stereocenters. The number of hydroxylamine groups is 2. The number of carbonyl (C=O) groups excluding carboxylic acids is 2. The van der Waals surface area contributed by atoms with Gasteiger partial charge in [-0.1, -0.05) is 5.16 Å². The van der Waals surface area contributed by atoms with Crippen molar-refractivity contribution >= 4 is 56.1 Å². The first-order valence-corrected chi connectivity index (χ1v) is 16.4. The number of carboxylic acid groups (broad SMARTS) is 1. The van der Waals surface area contributed by atoms with Gasteiger partial charge in [-0.15, -0.1) is 25.0 Å². The van der Waals surface area contributed by atoms with Crippen LogP contribution in [0.1, 0.15) is 32.4 Å². The van der Waals surface area contributed by atoms with Crippen LogP contribution >= 0.6 is 11.3 Å². The Bertz CT molecular complexity index is 1860. The topological polar surface area (TPSA) is 269 Å². The first-order valence-electron chi connectivity index (χ1n) is 14.1. The van der Waals surface area contributed by atoms with Gasteiger partial charge in [0.05, 0.1) is 24.1 Å². The number of ketones is 1. The van der Waals surface area contributed by atoms with Crippen molar-refractivity contribution in [3.63, 3.8) is 0 Å². The molecule has 1 amide bonds. The average Bonchev–Trinajstić information content (AvgIpc) is 3.56. The van der Waals surface area contributed by atoms with E-state index in [0.29, 0.717) is 36.0 Å². The Kier molecular flexibility index (Phi) is 10.7. The minimum atomic E-state index is -5.02. The number of aromatic nitrogens is 3. The fraction of sp³-hybridized carbons (Fsp3) is 0.407. The van der Waals surface area contributed by atoms with Gasteiger partial charge in [0.1, 0.15) is 23.9 Å². The van der Waals surface area contributed by atoms with Crippen LogP contribution in [0.3, 0.4) is 0 Å². The van der Waals surface area contributed by atoms with Gasteiger partial charge in [-0.05, 0) is 32.5 Å². The molecule has 2 aromatic heterocycles. The summed E-state index contributed by atoms with van der Waals surface area (Å²) in [6.45, 7) is 3.17. The number of benzene rings is 1. The van der Waals surface area contributed by atoms with Crippen molar-refractivity contribution in [2.45, 2.75) is 44.9 Å². The van der Waals surface area contributed by atoms with E-state index in [4.69, 9.17) is 31.3 Å². The molecule has 8 N–H and O–H groups in total. The van der Waals surface area contributed by atoms with Crippen molar-refractivity contribution in [1.29, 1.82) is 0 Å². The zero-order chi connectivity index (χ0) is 35.6. The number of ether oxygens (including phenoxy) is 1. The van der Waals surface area contributed by atoms with Crippen LogP contribution in [-0.2, 0) is 47.5 Å². The number of aryl methyl sites for hydroxylation is 1. The maximum Gasteiger partial charge on any atom is 0.418 e. The lowest BCUT2D eigenvalue weighted by Gasteiger charge is -2.50. The van der Waals surface area contributed by atoms with Crippen molar-refractivity contribution < 1.29 is 55.4 Å². The number of hydrogen-bond donors (Lipinski definition) is 5. The van der Waals surface area contributed by atoms with E-state index in [2.05, 4.69) is 14.4 Å². The van der Waals surface area contributed by atoms with Crippen LogP contribution < -0.4 is 26.6 Å². The monoisotopic (exact) mass is 713 g/mol. The molecule has 0 aliphatic carbocycles. The van der Waals surface area contributed by atoms with Crippen LogP contribution in [0, 0.1) is 11.7 Å². The Hall–Kier alpha value is -4.70. The van der Waals surface area contributed by atoms with Crippen LogP contribution in [0.2, 0.25) is 0 Å². The van der Waals surface area contributed by atoms with E-state index in [0.717, 1.165) is 17.4 Å². The maximum absolute atomic E-state index is 15.2. The van der Waals surface area contributed by atoms with Crippen LogP contribution in [0.25, 0.3) is 11.1 Å². The van der Waals surface area contributed by atoms with E-state index in [-0.39, 0.29) is 22.1 Å². The number of nitrogen functional groups attached to an aromatic ring is 2. The number of oxime groups is 1. The first kappa shape index (κ1) is 36.1. The normalized spacial score (nSPS) is 16.8. The number of thiazole rings is 1. The van der Waals surface area contributed by atoms with E-state index in [1.165, 1.54) is 31.4 Å². The molecule has 18 nitrogen and oxygen atoms in total. The van der Waals surface area contributed by atoms with Crippen molar-refractivity contribution in [2.75, 3.05) is 24.6 Å². The molecule has 260 valence electrons. The fourth-order valence-electron chi connectivity index (χ4n) is 4.82.